The van der Waals surface area contributed by atoms with E-state index in [1.807, 2.05) is 18.5 Å². The highest BCUT2D eigenvalue weighted by Gasteiger charge is 2.29. The Bertz CT molecular complexity index is 1190. The molecule has 4 aromatic rings. The zero-order chi connectivity index (χ0) is 19.3. The predicted molar refractivity (Wildman–Crippen MR) is 102 cm³/mol. The van der Waals surface area contributed by atoms with Gasteiger partial charge in [0.1, 0.15) is 11.5 Å². The number of nitrogens with zero attached hydrogens (tertiary/aromatic N) is 5. The molecule has 5 rings (SSSR count). The van der Waals surface area contributed by atoms with Gasteiger partial charge in [0.05, 0.1) is 23.9 Å². The molecule has 3 heterocycles. The highest BCUT2D eigenvalue weighted by Crippen LogP contribution is 2.41. The number of carbonyl (C=O) groups is 1. The fraction of sp³-hybridized carbons (Fsp3) is 0.200. The molecule has 7 nitrogen and oxygen atoms in total. The quantitative estimate of drug-likeness (QED) is 0.589. The van der Waals surface area contributed by atoms with Gasteiger partial charge < -0.3 is 9.88 Å². The molecule has 1 aliphatic rings. The van der Waals surface area contributed by atoms with Crippen LogP contribution in [0.3, 0.4) is 0 Å². The van der Waals surface area contributed by atoms with Gasteiger partial charge in [0.15, 0.2) is 11.5 Å². The summed E-state index contributed by atoms with van der Waals surface area (Å²) in [5, 5.41) is 7.35. The molecule has 1 amide bonds. The van der Waals surface area contributed by atoms with E-state index >= 15 is 0 Å². The summed E-state index contributed by atoms with van der Waals surface area (Å²) in [5.74, 6) is -0.0176. The minimum Gasteiger partial charge on any atom is -0.326 e. The maximum absolute atomic E-state index is 13.4. The lowest BCUT2D eigenvalue weighted by Gasteiger charge is -2.09. The second kappa shape index (κ2) is 6.26. The van der Waals surface area contributed by atoms with Crippen molar-refractivity contribution in [1.82, 2.24) is 24.1 Å². The van der Waals surface area contributed by atoms with Gasteiger partial charge in [0.25, 0.3) is 0 Å². The molecule has 8 heteroatoms. The smallest absolute Gasteiger partial charge is 0.222 e. The lowest BCUT2D eigenvalue weighted by molar-refractivity contribution is -0.114. The number of amides is 1. The van der Waals surface area contributed by atoms with Crippen molar-refractivity contribution < 1.29 is 9.18 Å². The SMILES string of the molecule is CC(=O)Nc1cn2nc(-c3c(-c4ccc(F)cc4)ncn3C3CC3)ccc2n1. The van der Waals surface area contributed by atoms with E-state index in [2.05, 4.69) is 25.0 Å². The molecule has 1 aliphatic carbocycles. The number of fused-ring (bicyclic) bond motifs is 1. The Hall–Kier alpha value is -3.55. The molecule has 0 aliphatic heterocycles. The molecule has 3 aromatic heterocycles. The molecule has 1 saturated carbocycles. The Morgan fingerprint density at radius 3 is 2.68 bits per heavy atom. The first-order chi connectivity index (χ1) is 13.6. The van der Waals surface area contributed by atoms with Gasteiger partial charge in [0.2, 0.25) is 5.91 Å². The molecule has 28 heavy (non-hydrogen) atoms. The standard InChI is InChI=1S/C20H17FN6O/c1-12(28)23-17-10-27-18(24-17)9-8-16(25-27)20-19(13-2-4-14(21)5-3-13)22-11-26(20)15-6-7-15/h2-5,8-11,15H,6-7H2,1H3,(H,23,28). The third kappa shape index (κ3) is 2.92. The number of imidazole rings is 2. The molecule has 0 unspecified atom stereocenters. The molecule has 0 radical (unpaired) electrons. The van der Waals surface area contributed by atoms with Crippen LogP contribution in [-0.2, 0) is 4.79 Å². The summed E-state index contributed by atoms with van der Waals surface area (Å²) >= 11 is 0. The van der Waals surface area contributed by atoms with Gasteiger partial charge >= 0.3 is 0 Å². The second-order valence-corrected chi connectivity index (χ2v) is 6.92. The van der Waals surface area contributed by atoms with Gasteiger partial charge in [-0.15, -0.1) is 0 Å². The van der Waals surface area contributed by atoms with Crippen LogP contribution in [0.2, 0.25) is 0 Å². The summed E-state index contributed by atoms with van der Waals surface area (Å²) in [6, 6.07) is 10.5. The first-order valence-corrected chi connectivity index (χ1v) is 9.05. The summed E-state index contributed by atoms with van der Waals surface area (Å²) in [7, 11) is 0. The van der Waals surface area contributed by atoms with Crippen molar-refractivity contribution in [2.45, 2.75) is 25.8 Å². The average molecular weight is 376 g/mol. The molecule has 0 saturated heterocycles. The first-order valence-electron chi connectivity index (χ1n) is 9.05. The van der Waals surface area contributed by atoms with Crippen molar-refractivity contribution in [3.8, 4) is 22.6 Å². The lowest BCUT2D eigenvalue weighted by Crippen LogP contribution is -2.05. The third-order valence-electron chi connectivity index (χ3n) is 4.72. The van der Waals surface area contributed by atoms with Crippen LogP contribution in [0, 0.1) is 5.82 Å². The van der Waals surface area contributed by atoms with E-state index in [4.69, 9.17) is 0 Å². The monoisotopic (exact) mass is 376 g/mol. The fourth-order valence-electron chi connectivity index (χ4n) is 3.31. The summed E-state index contributed by atoms with van der Waals surface area (Å²) in [6.07, 6.45) is 5.71. The van der Waals surface area contributed by atoms with Crippen molar-refractivity contribution >= 4 is 17.4 Å². The minimum absolute atomic E-state index is 0.186. The molecule has 0 atom stereocenters. The Kier molecular flexibility index (Phi) is 3.71. The van der Waals surface area contributed by atoms with Crippen LogP contribution in [0.1, 0.15) is 25.8 Å². The highest BCUT2D eigenvalue weighted by atomic mass is 19.1. The highest BCUT2D eigenvalue weighted by molar-refractivity contribution is 5.87. The van der Waals surface area contributed by atoms with Crippen molar-refractivity contribution in [3.63, 3.8) is 0 Å². The average Bonchev–Trinajstić information content (AvgIpc) is 3.29. The van der Waals surface area contributed by atoms with E-state index < -0.39 is 0 Å². The van der Waals surface area contributed by atoms with Gasteiger partial charge in [-0.1, -0.05) is 0 Å². The van der Waals surface area contributed by atoms with E-state index in [0.29, 0.717) is 17.5 Å². The maximum atomic E-state index is 13.4. The molecule has 1 fully saturated rings. The zero-order valence-electron chi connectivity index (χ0n) is 15.1. The summed E-state index contributed by atoms with van der Waals surface area (Å²) < 4.78 is 17.1. The van der Waals surface area contributed by atoms with Crippen LogP contribution < -0.4 is 5.32 Å². The van der Waals surface area contributed by atoms with Crippen molar-refractivity contribution in [2.24, 2.45) is 0 Å². The van der Waals surface area contributed by atoms with Crippen molar-refractivity contribution in [3.05, 3.63) is 54.7 Å². The topological polar surface area (TPSA) is 77.1 Å². The number of rotatable bonds is 4. The number of carbonyl (C=O) groups excluding carboxylic acids is 1. The van der Waals surface area contributed by atoms with E-state index in [0.717, 1.165) is 35.5 Å². The van der Waals surface area contributed by atoms with Gasteiger partial charge in [-0.25, -0.2) is 18.9 Å². The number of anilines is 1. The number of hydrogen-bond donors (Lipinski definition) is 1. The molecular formula is C20H17FN6O. The first kappa shape index (κ1) is 16.6. The summed E-state index contributed by atoms with van der Waals surface area (Å²) in [4.78, 5) is 20.2. The Labute approximate surface area is 159 Å². The Morgan fingerprint density at radius 2 is 1.96 bits per heavy atom. The number of aromatic nitrogens is 5. The Morgan fingerprint density at radius 1 is 1.18 bits per heavy atom. The lowest BCUT2D eigenvalue weighted by atomic mass is 10.1. The van der Waals surface area contributed by atoms with E-state index in [-0.39, 0.29) is 11.7 Å². The normalized spacial score (nSPS) is 13.8. The van der Waals surface area contributed by atoms with Gasteiger partial charge in [-0.2, -0.15) is 5.10 Å². The molecule has 0 bridgehead atoms. The molecule has 1 N–H and O–H groups in total. The van der Waals surface area contributed by atoms with E-state index in [1.165, 1.54) is 19.1 Å². The van der Waals surface area contributed by atoms with Gasteiger partial charge in [0, 0.05) is 18.5 Å². The molecule has 0 spiro atoms. The summed E-state index contributed by atoms with van der Waals surface area (Å²) in [6.45, 7) is 1.44. The number of hydrogen-bond acceptors (Lipinski definition) is 4. The predicted octanol–water partition coefficient (Wildman–Crippen LogP) is 3.69. The number of nitrogens with one attached hydrogen (secondary N) is 1. The Balaban J connectivity index is 1.64. The van der Waals surface area contributed by atoms with Crippen LogP contribution in [0.5, 0.6) is 0 Å². The van der Waals surface area contributed by atoms with E-state index in [9.17, 15) is 9.18 Å². The van der Waals surface area contributed by atoms with Crippen molar-refractivity contribution in [2.75, 3.05) is 5.32 Å². The minimum atomic E-state index is -0.282. The zero-order valence-corrected chi connectivity index (χ0v) is 15.1. The largest absolute Gasteiger partial charge is 0.326 e. The van der Waals surface area contributed by atoms with Gasteiger partial charge in [-0.3, -0.25) is 4.79 Å². The fourth-order valence-corrected chi connectivity index (χ4v) is 3.31. The molecule has 140 valence electrons. The number of benzene rings is 1. The van der Waals surface area contributed by atoms with Gasteiger partial charge in [-0.05, 0) is 49.2 Å². The van der Waals surface area contributed by atoms with Crippen molar-refractivity contribution in [1.29, 1.82) is 0 Å². The van der Waals surface area contributed by atoms with Crippen LogP contribution in [0.4, 0.5) is 10.2 Å². The molecular weight excluding hydrogens is 359 g/mol. The summed E-state index contributed by atoms with van der Waals surface area (Å²) in [5.41, 5.74) is 3.87. The van der Waals surface area contributed by atoms with Crippen LogP contribution in [0.15, 0.2) is 48.9 Å². The maximum Gasteiger partial charge on any atom is 0.222 e. The van der Waals surface area contributed by atoms with Crippen LogP contribution in [0.25, 0.3) is 28.3 Å². The molecule has 1 aromatic carbocycles. The van der Waals surface area contributed by atoms with Crippen LogP contribution in [-0.4, -0.2) is 30.1 Å². The third-order valence-corrected chi connectivity index (χ3v) is 4.72. The number of halogens is 1. The van der Waals surface area contributed by atoms with E-state index in [1.54, 1.807) is 22.8 Å². The van der Waals surface area contributed by atoms with Crippen LogP contribution >= 0.6 is 0 Å². The second-order valence-electron chi connectivity index (χ2n) is 6.92.